The molecule has 1 aromatic rings. The van der Waals surface area contributed by atoms with E-state index >= 15 is 0 Å². The fraction of sp³-hybridized carbons (Fsp3) is 0.533. The van der Waals surface area contributed by atoms with Crippen molar-refractivity contribution < 1.29 is 14.3 Å². The van der Waals surface area contributed by atoms with Gasteiger partial charge in [0.05, 0.1) is 20.6 Å². The van der Waals surface area contributed by atoms with Gasteiger partial charge in [0.1, 0.15) is 5.75 Å². The van der Waals surface area contributed by atoms with Crippen LogP contribution < -0.4 is 10.1 Å². The zero-order valence-corrected chi connectivity index (χ0v) is 12.1. The van der Waals surface area contributed by atoms with Crippen LogP contribution >= 0.6 is 0 Å². The van der Waals surface area contributed by atoms with Gasteiger partial charge in [-0.05, 0) is 23.6 Å². The lowest BCUT2D eigenvalue weighted by Gasteiger charge is -2.21. The first kappa shape index (κ1) is 15.5. The average Bonchev–Trinajstić information content (AvgIpc) is 2.42. The number of hydrogen-bond acceptors (Lipinski definition) is 4. The van der Waals surface area contributed by atoms with E-state index in [9.17, 15) is 4.79 Å². The molecule has 0 amide bonds. The zero-order chi connectivity index (χ0) is 14.3. The summed E-state index contributed by atoms with van der Waals surface area (Å²) in [6, 6.07) is 8.00. The van der Waals surface area contributed by atoms with E-state index in [1.165, 1.54) is 7.11 Å². The molecule has 4 nitrogen and oxygen atoms in total. The molecule has 0 fully saturated rings. The van der Waals surface area contributed by atoms with Crippen LogP contribution in [0.1, 0.15) is 25.8 Å². The Kier molecular flexibility index (Phi) is 6.36. The highest BCUT2D eigenvalue weighted by molar-refractivity contribution is 5.69. The number of methoxy groups -OCH3 is 2. The quantitative estimate of drug-likeness (QED) is 0.769. The van der Waals surface area contributed by atoms with Gasteiger partial charge < -0.3 is 14.8 Å². The molecule has 0 heterocycles. The molecule has 0 aliphatic carbocycles. The number of hydrogen-bond donors (Lipinski definition) is 1. The Labute approximate surface area is 115 Å². The number of esters is 1. The molecule has 0 aromatic heterocycles. The van der Waals surface area contributed by atoms with E-state index in [1.807, 2.05) is 24.3 Å². The summed E-state index contributed by atoms with van der Waals surface area (Å²) >= 11 is 0. The summed E-state index contributed by atoms with van der Waals surface area (Å²) < 4.78 is 9.91. The van der Waals surface area contributed by atoms with E-state index in [0.29, 0.717) is 18.9 Å². The van der Waals surface area contributed by atoms with Crippen molar-refractivity contribution in [3.63, 3.8) is 0 Å². The van der Waals surface area contributed by atoms with Crippen LogP contribution in [-0.2, 0) is 16.1 Å². The first-order valence-electron chi connectivity index (χ1n) is 6.50. The molecular weight excluding hydrogens is 242 g/mol. The molecule has 0 saturated carbocycles. The van der Waals surface area contributed by atoms with Gasteiger partial charge in [0.25, 0.3) is 0 Å². The summed E-state index contributed by atoms with van der Waals surface area (Å²) in [6.45, 7) is 4.88. The van der Waals surface area contributed by atoms with Crippen molar-refractivity contribution in [3.05, 3.63) is 29.8 Å². The minimum Gasteiger partial charge on any atom is -0.497 e. The van der Waals surface area contributed by atoms with Crippen LogP contribution in [0.2, 0.25) is 0 Å². The number of ether oxygens (including phenoxy) is 2. The second-order valence-electron chi connectivity index (χ2n) is 4.86. The van der Waals surface area contributed by atoms with Crippen molar-refractivity contribution in [2.45, 2.75) is 32.9 Å². The maximum atomic E-state index is 11.4. The Hall–Kier alpha value is -1.55. The third-order valence-corrected chi connectivity index (χ3v) is 3.12. The smallest absolute Gasteiger partial charge is 0.307 e. The van der Waals surface area contributed by atoms with E-state index in [-0.39, 0.29) is 12.0 Å². The molecular formula is C15H23NO3. The van der Waals surface area contributed by atoms with Gasteiger partial charge >= 0.3 is 5.97 Å². The van der Waals surface area contributed by atoms with E-state index in [0.717, 1.165) is 11.3 Å². The SMILES string of the molecule is COC(=O)CC(NCc1cccc(OC)c1)C(C)C. The molecule has 1 rings (SSSR count). The Balaban J connectivity index is 2.57. The molecule has 0 aliphatic rings. The van der Waals surface area contributed by atoms with E-state index in [4.69, 9.17) is 9.47 Å². The molecule has 106 valence electrons. The Morgan fingerprint density at radius 2 is 2.05 bits per heavy atom. The first-order valence-corrected chi connectivity index (χ1v) is 6.50. The molecule has 0 bridgehead atoms. The summed E-state index contributed by atoms with van der Waals surface area (Å²) in [7, 11) is 3.07. The summed E-state index contributed by atoms with van der Waals surface area (Å²) in [6.07, 6.45) is 0.387. The largest absolute Gasteiger partial charge is 0.497 e. The Morgan fingerprint density at radius 3 is 2.63 bits per heavy atom. The number of carbonyl (C=O) groups is 1. The molecule has 19 heavy (non-hydrogen) atoms. The van der Waals surface area contributed by atoms with Crippen molar-refractivity contribution in [2.24, 2.45) is 5.92 Å². The summed E-state index contributed by atoms with van der Waals surface area (Å²) in [5.74, 6) is 1.02. The highest BCUT2D eigenvalue weighted by Gasteiger charge is 2.17. The molecule has 0 aliphatic heterocycles. The standard InChI is InChI=1S/C15H23NO3/c1-11(2)14(9-15(17)19-4)16-10-12-6-5-7-13(8-12)18-3/h5-8,11,14,16H,9-10H2,1-4H3. The molecule has 0 radical (unpaired) electrons. The predicted octanol–water partition coefficient (Wildman–Crippen LogP) is 2.37. The topological polar surface area (TPSA) is 47.6 Å². The average molecular weight is 265 g/mol. The van der Waals surface area contributed by atoms with Gasteiger partial charge in [0, 0.05) is 12.6 Å². The first-order chi connectivity index (χ1) is 9.06. The molecule has 0 saturated heterocycles. The van der Waals surface area contributed by atoms with Crippen LogP contribution in [0.15, 0.2) is 24.3 Å². The molecule has 0 spiro atoms. The monoisotopic (exact) mass is 265 g/mol. The van der Waals surface area contributed by atoms with Crippen LogP contribution in [0.5, 0.6) is 5.75 Å². The van der Waals surface area contributed by atoms with E-state index in [1.54, 1.807) is 7.11 Å². The normalized spacial score (nSPS) is 12.3. The van der Waals surface area contributed by atoms with E-state index < -0.39 is 0 Å². The molecule has 1 atom stereocenters. The van der Waals surface area contributed by atoms with Gasteiger partial charge in [0.2, 0.25) is 0 Å². The van der Waals surface area contributed by atoms with Crippen molar-refractivity contribution >= 4 is 5.97 Å². The van der Waals surface area contributed by atoms with Crippen molar-refractivity contribution in [1.82, 2.24) is 5.32 Å². The molecule has 1 N–H and O–H groups in total. The number of carbonyl (C=O) groups excluding carboxylic acids is 1. The van der Waals surface area contributed by atoms with Crippen molar-refractivity contribution in [3.8, 4) is 5.75 Å². The summed E-state index contributed by atoms with van der Waals surface area (Å²) in [5.41, 5.74) is 1.13. The van der Waals surface area contributed by atoms with Crippen molar-refractivity contribution in [1.29, 1.82) is 0 Å². The highest BCUT2D eigenvalue weighted by Crippen LogP contribution is 2.14. The maximum Gasteiger partial charge on any atom is 0.307 e. The minimum atomic E-state index is -0.183. The molecule has 1 aromatic carbocycles. The minimum absolute atomic E-state index is 0.110. The highest BCUT2D eigenvalue weighted by atomic mass is 16.5. The third kappa shape index (κ3) is 5.30. The number of rotatable bonds is 7. The fourth-order valence-corrected chi connectivity index (χ4v) is 1.84. The van der Waals surface area contributed by atoms with Gasteiger partial charge in [-0.2, -0.15) is 0 Å². The Morgan fingerprint density at radius 1 is 1.32 bits per heavy atom. The second-order valence-corrected chi connectivity index (χ2v) is 4.86. The molecule has 1 unspecified atom stereocenters. The molecule has 4 heteroatoms. The fourth-order valence-electron chi connectivity index (χ4n) is 1.84. The summed E-state index contributed by atoms with van der Waals surface area (Å²) in [4.78, 5) is 11.4. The van der Waals surface area contributed by atoms with Gasteiger partial charge in [-0.3, -0.25) is 4.79 Å². The van der Waals surface area contributed by atoms with Crippen LogP contribution in [0, 0.1) is 5.92 Å². The van der Waals surface area contributed by atoms with Gasteiger partial charge in [0.15, 0.2) is 0 Å². The lowest BCUT2D eigenvalue weighted by Crippen LogP contribution is -2.35. The van der Waals surface area contributed by atoms with Gasteiger partial charge in [-0.25, -0.2) is 0 Å². The van der Waals surface area contributed by atoms with E-state index in [2.05, 4.69) is 19.2 Å². The lowest BCUT2D eigenvalue weighted by atomic mass is 10.0. The van der Waals surface area contributed by atoms with Crippen molar-refractivity contribution in [2.75, 3.05) is 14.2 Å². The zero-order valence-electron chi connectivity index (χ0n) is 12.1. The number of benzene rings is 1. The predicted molar refractivity (Wildman–Crippen MR) is 75.1 cm³/mol. The van der Waals surface area contributed by atoms with Crippen LogP contribution in [-0.4, -0.2) is 26.2 Å². The third-order valence-electron chi connectivity index (χ3n) is 3.12. The second kappa shape index (κ2) is 7.79. The summed E-state index contributed by atoms with van der Waals surface area (Å²) in [5, 5.41) is 3.40. The van der Waals surface area contributed by atoms with Crippen LogP contribution in [0.25, 0.3) is 0 Å². The van der Waals surface area contributed by atoms with Crippen LogP contribution in [0.4, 0.5) is 0 Å². The Bertz CT molecular complexity index is 404. The van der Waals surface area contributed by atoms with Crippen LogP contribution in [0.3, 0.4) is 0 Å². The number of nitrogens with one attached hydrogen (secondary N) is 1. The van der Waals surface area contributed by atoms with Gasteiger partial charge in [-0.1, -0.05) is 26.0 Å². The lowest BCUT2D eigenvalue weighted by molar-refractivity contribution is -0.141. The maximum absolute atomic E-state index is 11.4. The van der Waals surface area contributed by atoms with Gasteiger partial charge in [-0.15, -0.1) is 0 Å².